The highest BCUT2D eigenvalue weighted by atomic mass is 19.1. The molecule has 0 radical (unpaired) electrons. The van der Waals surface area contributed by atoms with Crippen LogP contribution in [-0.2, 0) is 0 Å². The summed E-state index contributed by atoms with van der Waals surface area (Å²) in [5.74, 6) is 0.427. The van der Waals surface area contributed by atoms with Gasteiger partial charge in [0.15, 0.2) is 0 Å². The molecule has 5 nitrogen and oxygen atoms in total. The Morgan fingerprint density at radius 3 is 2.70 bits per heavy atom. The van der Waals surface area contributed by atoms with Gasteiger partial charge in [-0.15, -0.1) is 0 Å². The molecule has 1 N–H and O–H groups in total. The van der Waals surface area contributed by atoms with Crippen LogP contribution in [0.2, 0.25) is 0 Å². The van der Waals surface area contributed by atoms with E-state index >= 15 is 0 Å². The molecule has 1 saturated heterocycles. The number of fused-ring (bicyclic) bond motifs is 1. The molecule has 0 spiro atoms. The molecular weight excluding hydrogens is 343 g/mol. The van der Waals surface area contributed by atoms with E-state index in [1.807, 2.05) is 12.1 Å². The van der Waals surface area contributed by atoms with Crippen molar-refractivity contribution in [3.05, 3.63) is 42.2 Å². The fraction of sp³-hybridized carbons (Fsp3) is 0.429. The minimum Gasteiger partial charge on any atom is -0.369 e. The SMILES string of the molecule is CC1CCCC(C)N1CCNc1ccc2c(-c3ccccc3F)noc2n1. The van der Waals surface area contributed by atoms with E-state index in [1.54, 1.807) is 18.2 Å². The number of nitrogens with zero attached hydrogens (tertiary/aromatic N) is 3. The molecule has 1 aliphatic heterocycles. The number of rotatable bonds is 5. The molecule has 2 atom stereocenters. The zero-order chi connectivity index (χ0) is 18.8. The maximum absolute atomic E-state index is 14.0. The Kier molecular flexibility index (Phi) is 5.07. The third-order valence-electron chi connectivity index (χ3n) is 5.52. The summed E-state index contributed by atoms with van der Waals surface area (Å²) >= 11 is 0. The van der Waals surface area contributed by atoms with E-state index in [9.17, 15) is 4.39 Å². The molecule has 6 heteroatoms. The zero-order valence-corrected chi connectivity index (χ0v) is 15.8. The first-order valence-corrected chi connectivity index (χ1v) is 9.64. The van der Waals surface area contributed by atoms with Crippen molar-refractivity contribution in [2.24, 2.45) is 0 Å². The van der Waals surface area contributed by atoms with Crippen LogP contribution < -0.4 is 5.32 Å². The van der Waals surface area contributed by atoms with Gasteiger partial charge in [0.05, 0.1) is 5.39 Å². The van der Waals surface area contributed by atoms with Crippen molar-refractivity contribution >= 4 is 16.9 Å². The molecule has 142 valence electrons. The fourth-order valence-corrected chi connectivity index (χ4v) is 4.00. The van der Waals surface area contributed by atoms with E-state index in [1.165, 1.54) is 25.3 Å². The second kappa shape index (κ2) is 7.64. The largest absolute Gasteiger partial charge is 0.369 e. The molecule has 1 aromatic carbocycles. The van der Waals surface area contributed by atoms with E-state index < -0.39 is 0 Å². The normalized spacial score (nSPS) is 20.9. The lowest BCUT2D eigenvalue weighted by molar-refractivity contribution is 0.109. The third-order valence-corrected chi connectivity index (χ3v) is 5.52. The molecule has 2 unspecified atom stereocenters. The fourth-order valence-electron chi connectivity index (χ4n) is 4.00. The van der Waals surface area contributed by atoms with Crippen LogP contribution in [0.3, 0.4) is 0 Å². The molecule has 3 heterocycles. The lowest BCUT2D eigenvalue weighted by Gasteiger charge is -2.39. The van der Waals surface area contributed by atoms with Crippen molar-refractivity contribution in [3.63, 3.8) is 0 Å². The van der Waals surface area contributed by atoms with Gasteiger partial charge in [0.2, 0.25) is 0 Å². The molecule has 2 aromatic heterocycles. The number of hydrogen-bond donors (Lipinski definition) is 1. The van der Waals surface area contributed by atoms with Gasteiger partial charge in [0, 0.05) is 30.7 Å². The van der Waals surface area contributed by atoms with Crippen LogP contribution in [0.1, 0.15) is 33.1 Å². The summed E-state index contributed by atoms with van der Waals surface area (Å²) < 4.78 is 19.4. The van der Waals surface area contributed by atoms with Crippen LogP contribution in [-0.4, -0.2) is 40.2 Å². The summed E-state index contributed by atoms with van der Waals surface area (Å²) in [4.78, 5) is 7.05. The number of halogens is 1. The predicted molar refractivity (Wildman–Crippen MR) is 105 cm³/mol. The Bertz CT molecular complexity index is 915. The van der Waals surface area contributed by atoms with Crippen molar-refractivity contribution in [2.45, 2.75) is 45.2 Å². The molecule has 0 amide bonds. The van der Waals surface area contributed by atoms with E-state index in [2.05, 4.69) is 34.2 Å². The van der Waals surface area contributed by atoms with Crippen molar-refractivity contribution in [2.75, 3.05) is 18.4 Å². The molecule has 1 fully saturated rings. The highest BCUT2D eigenvalue weighted by Crippen LogP contribution is 2.29. The monoisotopic (exact) mass is 368 g/mol. The Morgan fingerprint density at radius 1 is 1.15 bits per heavy atom. The summed E-state index contributed by atoms with van der Waals surface area (Å²) in [5, 5.41) is 8.11. The number of hydrogen-bond acceptors (Lipinski definition) is 5. The highest BCUT2D eigenvalue weighted by molar-refractivity contribution is 5.90. The van der Waals surface area contributed by atoms with E-state index in [-0.39, 0.29) is 5.82 Å². The smallest absolute Gasteiger partial charge is 0.260 e. The first kappa shape index (κ1) is 17.9. The minimum atomic E-state index is -0.320. The number of aromatic nitrogens is 2. The molecule has 0 saturated carbocycles. The van der Waals surface area contributed by atoms with Crippen molar-refractivity contribution in [1.29, 1.82) is 0 Å². The number of piperidine rings is 1. The van der Waals surface area contributed by atoms with Gasteiger partial charge in [-0.2, -0.15) is 4.98 Å². The maximum Gasteiger partial charge on any atom is 0.260 e. The van der Waals surface area contributed by atoms with Crippen LogP contribution >= 0.6 is 0 Å². The Balaban J connectivity index is 1.46. The average Bonchev–Trinajstić information content (AvgIpc) is 3.07. The average molecular weight is 368 g/mol. The zero-order valence-electron chi connectivity index (χ0n) is 15.8. The number of nitrogens with one attached hydrogen (secondary N) is 1. The van der Waals surface area contributed by atoms with Gasteiger partial charge in [0.1, 0.15) is 17.3 Å². The maximum atomic E-state index is 14.0. The second-order valence-corrected chi connectivity index (χ2v) is 7.35. The van der Waals surface area contributed by atoms with Gasteiger partial charge < -0.3 is 9.84 Å². The van der Waals surface area contributed by atoms with Gasteiger partial charge in [-0.3, -0.25) is 4.90 Å². The van der Waals surface area contributed by atoms with Crippen LogP contribution in [0.5, 0.6) is 0 Å². The molecule has 0 bridgehead atoms. The van der Waals surface area contributed by atoms with Crippen LogP contribution in [0.15, 0.2) is 40.9 Å². The Labute approximate surface area is 158 Å². The van der Waals surface area contributed by atoms with E-state index in [4.69, 9.17) is 4.52 Å². The number of benzene rings is 1. The lowest BCUT2D eigenvalue weighted by Crippen LogP contribution is -2.45. The van der Waals surface area contributed by atoms with Crippen LogP contribution in [0.25, 0.3) is 22.4 Å². The second-order valence-electron chi connectivity index (χ2n) is 7.35. The van der Waals surface area contributed by atoms with Gasteiger partial charge in [-0.25, -0.2) is 4.39 Å². The number of anilines is 1. The minimum absolute atomic E-state index is 0.320. The first-order chi connectivity index (χ1) is 13.1. The van der Waals surface area contributed by atoms with Crippen LogP contribution in [0, 0.1) is 5.82 Å². The number of pyridine rings is 1. The standard InChI is InChI=1S/C21H25FN4O/c1-14-6-5-7-15(2)26(14)13-12-23-19-11-10-17-20(25-27-21(17)24-19)16-8-3-4-9-18(16)22/h3-4,8-11,14-15H,5-7,12-13H2,1-2H3,(H,23,24). The topological polar surface area (TPSA) is 54.2 Å². The molecule has 1 aliphatic rings. The van der Waals surface area contributed by atoms with E-state index in [0.717, 1.165) is 18.9 Å². The van der Waals surface area contributed by atoms with Crippen LogP contribution in [0.4, 0.5) is 10.2 Å². The summed E-state index contributed by atoms with van der Waals surface area (Å²) in [6.07, 6.45) is 3.86. The Morgan fingerprint density at radius 2 is 1.93 bits per heavy atom. The third kappa shape index (κ3) is 3.67. The van der Waals surface area contributed by atoms with Crippen molar-refractivity contribution in [3.8, 4) is 11.3 Å². The van der Waals surface area contributed by atoms with Gasteiger partial charge in [0.25, 0.3) is 5.71 Å². The summed E-state index contributed by atoms with van der Waals surface area (Å²) in [6, 6.07) is 11.6. The lowest BCUT2D eigenvalue weighted by atomic mass is 9.98. The molecule has 27 heavy (non-hydrogen) atoms. The highest BCUT2D eigenvalue weighted by Gasteiger charge is 2.23. The molecular formula is C21H25FN4O. The number of likely N-dealkylation sites (tertiary alicyclic amines) is 1. The van der Waals surface area contributed by atoms with Crippen molar-refractivity contribution in [1.82, 2.24) is 15.0 Å². The van der Waals surface area contributed by atoms with Gasteiger partial charge in [-0.05, 0) is 51.0 Å². The quantitative estimate of drug-likeness (QED) is 0.707. The predicted octanol–water partition coefficient (Wildman–Crippen LogP) is 4.70. The molecule has 3 aromatic rings. The van der Waals surface area contributed by atoms with Crippen molar-refractivity contribution < 1.29 is 8.91 Å². The summed E-state index contributed by atoms with van der Waals surface area (Å²) in [6.45, 7) is 6.41. The first-order valence-electron chi connectivity index (χ1n) is 9.64. The van der Waals surface area contributed by atoms with Gasteiger partial charge >= 0.3 is 0 Å². The van der Waals surface area contributed by atoms with E-state index in [0.29, 0.717) is 34.4 Å². The van der Waals surface area contributed by atoms with Gasteiger partial charge in [-0.1, -0.05) is 23.7 Å². The molecule has 0 aliphatic carbocycles. The summed E-state index contributed by atoms with van der Waals surface area (Å²) in [5.41, 5.74) is 1.32. The molecule has 4 rings (SSSR count). The Hall–Kier alpha value is -2.47. The summed E-state index contributed by atoms with van der Waals surface area (Å²) in [7, 11) is 0.